The molecule has 1 aromatic carbocycles. The van der Waals surface area contributed by atoms with Crippen molar-refractivity contribution in [2.45, 2.75) is 32.4 Å². The highest BCUT2D eigenvalue weighted by Gasteiger charge is 2.16. The molecule has 1 heterocycles. The van der Waals surface area contributed by atoms with Crippen LogP contribution in [0, 0.1) is 0 Å². The lowest BCUT2D eigenvalue weighted by atomic mass is 10.1. The summed E-state index contributed by atoms with van der Waals surface area (Å²) in [7, 11) is 0. The highest BCUT2D eigenvalue weighted by molar-refractivity contribution is 5.15. The second-order valence-electron chi connectivity index (χ2n) is 5.27. The fourth-order valence-electron chi connectivity index (χ4n) is 2.51. The Morgan fingerprint density at radius 1 is 1.10 bits per heavy atom. The van der Waals surface area contributed by atoms with Crippen molar-refractivity contribution < 1.29 is 5.11 Å². The Bertz CT molecular complexity index is 497. The van der Waals surface area contributed by atoms with Crippen molar-refractivity contribution in [3.8, 4) is 0 Å². The average Bonchev–Trinajstić information content (AvgIpc) is 2.55. The van der Waals surface area contributed by atoms with Crippen LogP contribution in [-0.2, 0) is 13.0 Å². The summed E-state index contributed by atoms with van der Waals surface area (Å²) in [5, 5.41) is 9.61. The van der Waals surface area contributed by atoms with E-state index in [2.05, 4.69) is 41.1 Å². The van der Waals surface area contributed by atoms with E-state index in [9.17, 15) is 5.11 Å². The maximum absolute atomic E-state index is 9.61. The van der Waals surface area contributed by atoms with Crippen molar-refractivity contribution in [1.82, 2.24) is 9.88 Å². The van der Waals surface area contributed by atoms with E-state index in [1.807, 2.05) is 30.5 Å². The number of hydrogen-bond donors (Lipinski definition) is 1. The van der Waals surface area contributed by atoms with Gasteiger partial charge in [0, 0.05) is 25.3 Å². The number of benzene rings is 1. The van der Waals surface area contributed by atoms with E-state index in [1.54, 1.807) is 0 Å². The quantitative estimate of drug-likeness (QED) is 0.809. The monoisotopic (exact) mass is 284 g/mol. The van der Waals surface area contributed by atoms with E-state index in [1.165, 1.54) is 5.56 Å². The molecule has 0 saturated heterocycles. The van der Waals surface area contributed by atoms with Gasteiger partial charge in [0.2, 0.25) is 0 Å². The summed E-state index contributed by atoms with van der Waals surface area (Å²) >= 11 is 0. The van der Waals surface area contributed by atoms with Crippen LogP contribution in [0.15, 0.2) is 54.7 Å². The molecule has 1 atom stereocenters. The molecule has 3 nitrogen and oxygen atoms in total. The van der Waals surface area contributed by atoms with Crippen LogP contribution < -0.4 is 0 Å². The molecular weight excluding hydrogens is 260 g/mol. The minimum atomic E-state index is 0.190. The van der Waals surface area contributed by atoms with Gasteiger partial charge in [0.25, 0.3) is 0 Å². The minimum Gasteiger partial charge on any atom is -0.395 e. The first-order chi connectivity index (χ1) is 10.3. The molecule has 0 fully saturated rings. The van der Waals surface area contributed by atoms with Gasteiger partial charge in [-0.15, -0.1) is 0 Å². The third-order valence-corrected chi connectivity index (χ3v) is 3.82. The molecule has 1 unspecified atom stereocenters. The Balaban J connectivity index is 2.01. The van der Waals surface area contributed by atoms with Gasteiger partial charge in [-0.05, 0) is 30.5 Å². The largest absolute Gasteiger partial charge is 0.395 e. The summed E-state index contributed by atoms with van der Waals surface area (Å²) in [5.74, 6) is 0. The van der Waals surface area contributed by atoms with Gasteiger partial charge in [0.05, 0.1) is 12.3 Å². The van der Waals surface area contributed by atoms with Crippen LogP contribution in [0.25, 0.3) is 0 Å². The average molecular weight is 284 g/mol. The molecule has 0 saturated carbocycles. The van der Waals surface area contributed by atoms with Gasteiger partial charge in [0.1, 0.15) is 0 Å². The van der Waals surface area contributed by atoms with Crippen LogP contribution in [0.2, 0.25) is 0 Å². The summed E-state index contributed by atoms with van der Waals surface area (Å²) < 4.78 is 0. The smallest absolute Gasteiger partial charge is 0.0586 e. The molecule has 0 aliphatic heterocycles. The zero-order valence-electron chi connectivity index (χ0n) is 12.7. The number of pyridine rings is 1. The van der Waals surface area contributed by atoms with Crippen molar-refractivity contribution in [3.63, 3.8) is 0 Å². The van der Waals surface area contributed by atoms with Gasteiger partial charge in [-0.1, -0.05) is 43.3 Å². The highest BCUT2D eigenvalue weighted by Crippen LogP contribution is 2.11. The SMILES string of the molecule is CCC(CO)N(CCc1ccccc1)Cc1ccccn1. The normalized spacial score (nSPS) is 12.5. The fraction of sp³-hybridized carbons (Fsp3) is 0.389. The molecule has 1 N–H and O–H groups in total. The maximum atomic E-state index is 9.61. The van der Waals surface area contributed by atoms with Gasteiger partial charge in [0.15, 0.2) is 0 Å². The molecule has 112 valence electrons. The summed E-state index contributed by atoms with van der Waals surface area (Å²) in [5.41, 5.74) is 2.38. The molecule has 0 aliphatic rings. The molecule has 0 bridgehead atoms. The van der Waals surface area contributed by atoms with Gasteiger partial charge in [-0.2, -0.15) is 0 Å². The first-order valence-electron chi connectivity index (χ1n) is 7.62. The molecule has 1 aromatic heterocycles. The van der Waals surface area contributed by atoms with Crippen molar-refractivity contribution >= 4 is 0 Å². The van der Waals surface area contributed by atoms with Gasteiger partial charge >= 0.3 is 0 Å². The van der Waals surface area contributed by atoms with Gasteiger partial charge < -0.3 is 5.11 Å². The molecule has 21 heavy (non-hydrogen) atoms. The third-order valence-electron chi connectivity index (χ3n) is 3.82. The van der Waals surface area contributed by atoms with Crippen LogP contribution in [0.1, 0.15) is 24.6 Å². The Labute approximate surface area is 127 Å². The number of aliphatic hydroxyl groups excluding tert-OH is 1. The summed E-state index contributed by atoms with van der Waals surface area (Å²) in [6.07, 6.45) is 3.76. The van der Waals surface area contributed by atoms with Crippen LogP contribution in [0.4, 0.5) is 0 Å². The number of aromatic nitrogens is 1. The predicted molar refractivity (Wildman–Crippen MR) is 86.0 cm³/mol. The Hall–Kier alpha value is -1.71. The van der Waals surface area contributed by atoms with E-state index < -0.39 is 0 Å². The van der Waals surface area contributed by atoms with Crippen LogP contribution in [-0.4, -0.2) is 34.2 Å². The molecular formula is C18H24N2O. The minimum absolute atomic E-state index is 0.190. The first-order valence-corrected chi connectivity index (χ1v) is 7.62. The summed E-state index contributed by atoms with van der Waals surface area (Å²) in [6.45, 7) is 4.03. The van der Waals surface area contributed by atoms with Crippen LogP contribution in [0.3, 0.4) is 0 Å². The number of aliphatic hydroxyl groups is 1. The van der Waals surface area contributed by atoms with E-state index in [4.69, 9.17) is 0 Å². The van der Waals surface area contributed by atoms with Crippen LogP contribution >= 0.6 is 0 Å². The van der Waals surface area contributed by atoms with Gasteiger partial charge in [-0.25, -0.2) is 0 Å². The van der Waals surface area contributed by atoms with E-state index >= 15 is 0 Å². The molecule has 3 heteroatoms. The van der Waals surface area contributed by atoms with Crippen LogP contribution in [0.5, 0.6) is 0 Å². The Kier molecular flexibility index (Phi) is 6.38. The van der Waals surface area contributed by atoms with E-state index in [-0.39, 0.29) is 12.6 Å². The lowest BCUT2D eigenvalue weighted by Gasteiger charge is -2.29. The van der Waals surface area contributed by atoms with Crippen molar-refractivity contribution in [2.24, 2.45) is 0 Å². The standard InChI is InChI=1S/C18H24N2O/c1-2-18(15-21)20(14-17-10-6-7-12-19-17)13-11-16-8-4-3-5-9-16/h3-10,12,18,21H,2,11,13-15H2,1H3. The highest BCUT2D eigenvalue weighted by atomic mass is 16.3. The van der Waals surface area contributed by atoms with Crippen molar-refractivity contribution in [3.05, 3.63) is 66.0 Å². The molecule has 0 radical (unpaired) electrons. The molecule has 0 amide bonds. The van der Waals surface area contributed by atoms with Crippen molar-refractivity contribution in [2.75, 3.05) is 13.2 Å². The molecule has 2 aromatic rings. The number of hydrogen-bond acceptors (Lipinski definition) is 3. The van der Waals surface area contributed by atoms with E-state index in [0.717, 1.165) is 31.6 Å². The zero-order valence-corrected chi connectivity index (χ0v) is 12.7. The fourth-order valence-corrected chi connectivity index (χ4v) is 2.51. The summed E-state index contributed by atoms with van der Waals surface area (Å²) in [6, 6.07) is 16.7. The zero-order chi connectivity index (χ0) is 14.9. The second-order valence-corrected chi connectivity index (χ2v) is 5.27. The number of nitrogens with zero attached hydrogens (tertiary/aromatic N) is 2. The Morgan fingerprint density at radius 2 is 1.86 bits per heavy atom. The second kappa shape index (κ2) is 8.55. The lowest BCUT2D eigenvalue weighted by Crippen LogP contribution is -2.38. The Morgan fingerprint density at radius 3 is 2.48 bits per heavy atom. The number of rotatable bonds is 8. The maximum Gasteiger partial charge on any atom is 0.0586 e. The first kappa shape index (κ1) is 15.7. The van der Waals surface area contributed by atoms with E-state index in [0.29, 0.717) is 0 Å². The molecule has 0 spiro atoms. The molecule has 2 rings (SSSR count). The van der Waals surface area contributed by atoms with Gasteiger partial charge in [-0.3, -0.25) is 9.88 Å². The lowest BCUT2D eigenvalue weighted by molar-refractivity contribution is 0.113. The third kappa shape index (κ3) is 4.96. The predicted octanol–water partition coefficient (Wildman–Crippen LogP) is 2.90. The van der Waals surface area contributed by atoms with Crippen molar-refractivity contribution in [1.29, 1.82) is 0 Å². The topological polar surface area (TPSA) is 36.4 Å². The molecule has 0 aliphatic carbocycles. The summed E-state index contributed by atoms with van der Waals surface area (Å²) in [4.78, 5) is 6.73.